The average molecular weight is 343 g/mol. The topological polar surface area (TPSA) is 52.7 Å². The summed E-state index contributed by atoms with van der Waals surface area (Å²) in [6, 6.07) is 8.42. The summed E-state index contributed by atoms with van der Waals surface area (Å²) >= 11 is 0. The zero-order chi connectivity index (χ0) is 17.6. The molecule has 3 rings (SSSR count). The molecule has 1 fully saturated rings. The molecule has 0 radical (unpaired) electrons. The summed E-state index contributed by atoms with van der Waals surface area (Å²) in [5, 5.41) is 2.92. The lowest BCUT2D eigenvalue weighted by Crippen LogP contribution is -2.46. The highest BCUT2D eigenvalue weighted by molar-refractivity contribution is 5.80. The lowest BCUT2D eigenvalue weighted by Gasteiger charge is -2.35. The molecule has 0 atom stereocenters. The highest BCUT2D eigenvalue weighted by Gasteiger charge is 2.30. The van der Waals surface area contributed by atoms with Crippen LogP contribution in [0, 0.1) is 5.92 Å². The second kappa shape index (κ2) is 8.48. The first-order valence-corrected chi connectivity index (χ1v) is 9.52. The van der Waals surface area contributed by atoms with Crippen molar-refractivity contribution in [2.24, 2.45) is 5.92 Å². The Morgan fingerprint density at radius 1 is 1.12 bits per heavy atom. The van der Waals surface area contributed by atoms with E-state index >= 15 is 0 Å². The number of rotatable bonds is 5. The van der Waals surface area contributed by atoms with Gasteiger partial charge >= 0.3 is 0 Å². The molecule has 2 aliphatic rings. The van der Waals surface area contributed by atoms with Crippen molar-refractivity contribution >= 4 is 11.8 Å². The second-order valence-electron chi connectivity index (χ2n) is 7.18. The molecule has 136 valence electrons. The highest BCUT2D eigenvalue weighted by Crippen LogP contribution is 2.24. The number of piperidine rings is 1. The molecular formula is C20H29N3O2. The Balaban J connectivity index is 1.47. The first kappa shape index (κ1) is 17.9. The number of benzene rings is 1. The lowest BCUT2D eigenvalue weighted by molar-refractivity contribution is -0.138. The first-order chi connectivity index (χ1) is 12.2. The number of fused-ring (bicyclic) bond motifs is 1. The third-order valence-corrected chi connectivity index (χ3v) is 5.32. The number of carbonyl (C=O) groups is 2. The van der Waals surface area contributed by atoms with E-state index < -0.39 is 0 Å². The first-order valence-electron chi connectivity index (χ1n) is 9.52. The van der Waals surface area contributed by atoms with Crippen LogP contribution in [0.4, 0.5) is 0 Å². The van der Waals surface area contributed by atoms with Crippen LogP contribution in [0.3, 0.4) is 0 Å². The summed E-state index contributed by atoms with van der Waals surface area (Å²) in [4.78, 5) is 28.9. The molecule has 0 bridgehead atoms. The van der Waals surface area contributed by atoms with Crippen molar-refractivity contribution in [1.82, 2.24) is 15.1 Å². The predicted molar refractivity (Wildman–Crippen MR) is 98.0 cm³/mol. The third-order valence-electron chi connectivity index (χ3n) is 5.32. The molecule has 25 heavy (non-hydrogen) atoms. The fraction of sp³-hybridized carbons (Fsp3) is 0.600. The Morgan fingerprint density at radius 2 is 1.84 bits per heavy atom. The number of amides is 2. The zero-order valence-corrected chi connectivity index (χ0v) is 15.2. The summed E-state index contributed by atoms with van der Waals surface area (Å²) in [5.74, 6) is 0.504. The van der Waals surface area contributed by atoms with Gasteiger partial charge in [-0.25, -0.2) is 0 Å². The van der Waals surface area contributed by atoms with Gasteiger partial charge < -0.3 is 10.2 Å². The summed E-state index contributed by atoms with van der Waals surface area (Å²) in [6.45, 7) is 6.49. The fourth-order valence-corrected chi connectivity index (χ4v) is 3.80. The van der Waals surface area contributed by atoms with E-state index in [4.69, 9.17) is 0 Å². The number of nitrogens with one attached hydrogen (secondary N) is 1. The van der Waals surface area contributed by atoms with E-state index in [0.717, 1.165) is 58.4 Å². The van der Waals surface area contributed by atoms with E-state index in [1.54, 1.807) is 0 Å². The van der Waals surface area contributed by atoms with Gasteiger partial charge in [0.05, 0.1) is 6.54 Å². The Bertz CT molecular complexity index is 609. The summed E-state index contributed by atoms with van der Waals surface area (Å²) in [6.07, 6.45) is 3.63. The van der Waals surface area contributed by atoms with E-state index in [0.29, 0.717) is 12.5 Å². The number of hydrogen-bond donors (Lipinski definition) is 1. The average Bonchev–Trinajstić information content (AvgIpc) is 2.66. The van der Waals surface area contributed by atoms with Crippen molar-refractivity contribution in [2.75, 3.05) is 32.7 Å². The summed E-state index contributed by atoms with van der Waals surface area (Å²) in [5.41, 5.74) is 2.66. The van der Waals surface area contributed by atoms with Crippen molar-refractivity contribution in [3.8, 4) is 0 Å². The van der Waals surface area contributed by atoms with E-state index in [1.165, 1.54) is 11.1 Å². The molecule has 2 amide bonds. The molecule has 0 saturated carbocycles. The van der Waals surface area contributed by atoms with Crippen molar-refractivity contribution in [3.63, 3.8) is 0 Å². The number of likely N-dealkylation sites (tertiary alicyclic amines) is 1. The van der Waals surface area contributed by atoms with Gasteiger partial charge in [-0.15, -0.1) is 0 Å². The van der Waals surface area contributed by atoms with E-state index in [9.17, 15) is 9.59 Å². The Morgan fingerprint density at radius 3 is 2.56 bits per heavy atom. The van der Waals surface area contributed by atoms with Crippen LogP contribution in [-0.2, 0) is 22.6 Å². The second-order valence-corrected chi connectivity index (χ2v) is 7.18. The molecule has 0 aromatic heterocycles. The number of hydrogen-bond acceptors (Lipinski definition) is 3. The zero-order valence-electron chi connectivity index (χ0n) is 15.2. The lowest BCUT2D eigenvalue weighted by atomic mass is 9.93. The van der Waals surface area contributed by atoms with Gasteiger partial charge in [0.25, 0.3) is 0 Å². The maximum absolute atomic E-state index is 12.9. The maximum Gasteiger partial charge on any atom is 0.234 e. The van der Waals surface area contributed by atoms with Gasteiger partial charge in [-0.3, -0.25) is 14.5 Å². The molecular weight excluding hydrogens is 314 g/mol. The smallest absolute Gasteiger partial charge is 0.234 e. The molecule has 2 aliphatic heterocycles. The van der Waals surface area contributed by atoms with Gasteiger partial charge in [0.2, 0.25) is 11.8 Å². The summed E-state index contributed by atoms with van der Waals surface area (Å²) < 4.78 is 0. The Hall–Kier alpha value is -1.88. The minimum Gasteiger partial charge on any atom is -0.355 e. The summed E-state index contributed by atoms with van der Waals surface area (Å²) in [7, 11) is 0. The minimum absolute atomic E-state index is 0.0965. The van der Waals surface area contributed by atoms with Crippen molar-refractivity contribution in [1.29, 1.82) is 0 Å². The molecule has 2 heterocycles. The molecule has 0 spiro atoms. The predicted octanol–water partition coefficient (Wildman–Crippen LogP) is 1.81. The largest absolute Gasteiger partial charge is 0.355 e. The van der Waals surface area contributed by atoms with Crippen LogP contribution < -0.4 is 5.32 Å². The molecule has 5 nitrogen and oxygen atoms in total. The number of nitrogens with zero attached hydrogens (tertiary/aromatic N) is 2. The van der Waals surface area contributed by atoms with Gasteiger partial charge in [0.15, 0.2) is 0 Å². The van der Waals surface area contributed by atoms with Crippen molar-refractivity contribution in [2.45, 2.75) is 39.2 Å². The van der Waals surface area contributed by atoms with Crippen LogP contribution in [0.1, 0.15) is 37.3 Å². The van der Waals surface area contributed by atoms with Crippen LogP contribution in [0.5, 0.6) is 0 Å². The van der Waals surface area contributed by atoms with E-state index in [1.807, 2.05) is 4.90 Å². The van der Waals surface area contributed by atoms with Crippen LogP contribution in [0.25, 0.3) is 0 Å². The molecule has 1 saturated heterocycles. The molecule has 0 aliphatic carbocycles. The van der Waals surface area contributed by atoms with Gasteiger partial charge in [-0.1, -0.05) is 31.2 Å². The Labute approximate surface area is 150 Å². The van der Waals surface area contributed by atoms with Crippen LogP contribution in [-0.4, -0.2) is 54.3 Å². The molecule has 1 aromatic carbocycles. The normalized spacial score (nSPS) is 18.7. The molecule has 0 unspecified atom stereocenters. The molecule has 1 aromatic rings. The minimum atomic E-state index is 0.0965. The highest BCUT2D eigenvalue weighted by atomic mass is 16.2. The molecule has 5 heteroatoms. The monoisotopic (exact) mass is 343 g/mol. The standard InChI is InChI=1S/C20H29N3O2/c1-2-10-21-19(24)15-22-11-7-17(8-12-22)20(25)23-13-9-16-5-3-4-6-18(16)14-23/h3-6,17H,2,7-15H2,1H3,(H,21,24). The fourth-order valence-electron chi connectivity index (χ4n) is 3.80. The SMILES string of the molecule is CCCNC(=O)CN1CCC(C(=O)N2CCc3ccccc3C2)CC1. The van der Waals surface area contributed by atoms with Gasteiger partial charge in [0.1, 0.15) is 0 Å². The van der Waals surface area contributed by atoms with Crippen molar-refractivity contribution in [3.05, 3.63) is 35.4 Å². The van der Waals surface area contributed by atoms with Gasteiger partial charge in [0, 0.05) is 25.6 Å². The third kappa shape index (κ3) is 4.60. The van der Waals surface area contributed by atoms with Crippen LogP contribution in [0.2, 0.25) is 0 Å². The van der Waals surface area contributed by atoms with Gasteiger partial charge in [-0.05, 0) is 49.9 Å². The van der Waals surface area contributed by atoms with E-state index in [-0.39, 0.29) is 11.8 Å². The maximum atomic E-state index is 12.9. The van der Waals surface area contributed by atoms with Crippen LogP contribution in [0.15, 0.2) is 24.3 Å². The van der Waals surface area contributed by atoms with Crippen molar-refractivity contribution < 1.29 is 9.59 Å². The molecule has 1 N–H and O–H groups in total. The van der Waals surface area contributed by atoms with E-state index in [2.05, 4.69) is 41.4 Å². The van der Waals surface area contributed by atoms with Gasteiger partial charge in [-0.2, -0.15) is 0 Å². The quantitative estimate of drug-likeness (QED) is 0.887. The number of carbonyl (C=O) groups excluding carboxylic acids is 2. The van der Waals surface area contributed by atoms with Crippen LogP contribution >= 0.6 is 0 Å². The Kier molecular flexibility index (Phi) is 6.08.